The van der Waals surface area contributed by atoms with Crippen LogP contribution in [0.25, 0.3) is 0 Å². The summed E-state index contributed by atoms with van der Waals surface area (Å²) in [5.41, 5.74) is -5.21. The maximum atomic E-state index is 12.4. The summed E-state index contributed by atoms with van der Waals surface area (Å²) >= 11 is 0. The summed E-state index contributed by atoms with van der Waals surface area (Å²) in [6.07, 6.45) is 1.68. The number of carbonyl (C=O) groups excluding carboxylic acids is 1. The van der Waals surface area contributed by atoms with Gasteiger partial charge in [0.1, 0.15) is 11.5 Å². The van der Waals surface area contributed by atoms with Crippen molar-refractivity contribution >= 4 is 15.9 Å². The maximum Gasteiger partial charge on any atom is 0.534 e. The summed E-state index contributed by atoms with van der Waals surface area (Å²) in [6.45, 7) is 0. The second-order valence-corrected chi connectivity index (χ2v) is 6.60. The second kappa shape index (κ2) is 6.34. The van der Waals surface area contributed by atoms with Gasteiger partial charge in [-0.3, -0.25) is 4.79 Å². The molecule has 1 aliphatic carbocycles. The summed E-state index contributed by atoms with van der Waals surface area (Å²) in [6, 6.07) is 2.45. The number of aromatic nitrogens is 1. The van der Waals surface area contributed by atoms with Gasteiger partial charge >= 0.3 is 15.6 Å². The summed E-state index contributed by atoms with van der Waals surface area (Å²) in [5, 5.41) is 0. The molecule has 0 N–H and O–H groups in total. The lowest BCUT2D eigenvalue weighted by molar-refractivity contribution is -0.120. The SMILES string of the molecule is COc1cc(OS(=O)(=O)C(F)(F)F)nc(C2CCC(=O)CC2)c1. The molecule has 0 saturated heterocycles. The molecule has 0 bridgehead atoms. The predicted molar refractivity (Wildman–Crippen MR) is 72.6 cm³/mol. The number of methoxy groups -OCH3 is 1. The Balaban J connectivity index is 2.31. The van der Waals surface area contributed by atoms with E-state index in [1.54, 1.807) is 0 Å². The van der Waals surface area contributed by atoms with Gasteiger partial charge in [-0.25, -0.2) is 4.98 Å². The van der Waals surface area contributed by atoms with Gasteiger partial charge in [-0.15, -0.1) is 0 Å². The van der Waals surface area contributed by atoms with Crippen molar-refractivity contribution in [1.82, 2.24) is 4.98 Å². The number of carbonyl (C=O) groups is 1. The average molecular weight is 353 g/mol. The van der Waals surface area contributed by atoms with Gasteiger partial charge in [-0.1, -0.05) is 0 Å². The van der Waals surface area contributed by atoms with Crippen molar-refractivity contribution in [1.29, 1.82) is 0 Å². The first-order valence-electron chi connectivity index (χ1n) is 6.71. The molecule has 6 nitrogen and oxygen atoms in total. The third kappa shape index (κ3) is 4.12. The lowest BCUT2D eigenvalue weighted by Crippen LogP contribution is -2.28. The van der Waals surface area contributed by atoms with Crippen LogP contribution in [0.1, 0.15) is 37.3 Å². The van der Waals surface area contributed by atoms with Crippen LogP contribution in [0.2, 0.25) is 0 Å². The third-order valence-corrected chi connectivity index (χ3v) is 4.43. The van der Waals surface area contributed by atoms with E-state index in [0.29, 0.717) is 31.4 Å². The maximum absolute atomic E-state index is 12.4. The normalized spacial score (nSPS) is 17.1. The average Bonchev–Trinajstić information content (AvgIpc) is 2.46. The Bertz CT molecular complexity index is 692. The van der Waals surface area contributed by atoms with Crippen LogP contribution < -0.4 is 8.92 Å². The zero-order chi connectivity index (χ0) is 17.3. The fourth-order valence-corrected chi connectivity index (χ4v) is 2.67. The molecule has 1 aromatic heterocycles. The largest absolute Gasteiger partial charge is 0.534 e. The molecule has 0 spiro atoms. The zero-order valence-corrected chi connectivity index (χ0v) is 12.9. The highest BCUT2D eigenvalue weighted by Crippen LogP contribution is 2.34. The minimum Gasteiger partial charge on any atom is -0.496 e. The zero-order valence-electron chi connectivity index (χ0n) is 12.1. The van der Waals surface area contributed by atoms with Crippen LogP contribution in [0, 0.1) is 0 Å². The molecule has 0 aromatic carbocycles. The standard InChI is InChI=1S/C13H14F3NO5S/c1-21-10-6-11(8-2-4-9(18)5-3-8)17-12(7-10)22-23(19,20)13(14,15)16/h6-8H,2-5H2,1H3. The van der Waals surface area contributed by atoms with Crippen molar-refractivity contribution in [2.24, 2.45) is 0 Å². The van der Waals surface area contributed by atoms with Crippen LogP contribution in [0.15, 0.2) is 12.1 Å². The molecule has 1 fully saturated rings. The third-order valence-electron chi connectivity index (χ3n) is 3.47. The van der Waals surface area contributed by atoms with Crippen LogP contribution in [-0.4, -0.2) is 31.8 Å². The van der Waals surface area contributed by atoms with Gasteiger partial charge in [0.25, 0.3) is 0 Å². The van der Waals surface area contributed by atoms with Crippen molar-refractivity contribution in [3.05, 3.63) is 17.8 Å². The number of halogens is 3. The molecule has 128 valence electrons. The number of hydrogen-bond donors (Lipinski definition) is 0. The molecule has 1 aromatic rings. The molecule has 1 aliphatic rings. The minimum absolute atomic E-state index is 0.111. The highest BCUT2D eigenvalue weighted by molar-refractivity contribution is 7.87. The van der Waals surface area contributed by atoms with E-state index in [4.69, 9.17) is 4.74 Å². The van der Waals surface area contributed by atoms with E-state index in [-0.39, 0.29) is 17.5 Å². The molecule has 0 amide bonds. The number of rotatable bonds is 4. The van der Waals surface area contributed by atoms with E-state index < -0.39 is 21.5 Å². The number of pyridine rings is 1. The number of alkyl halides is 3. The van der Waals surface area contributed by atoms with Crippen LogP contribution >= 0.6 is 0 Å². The number of ketones is 1. The van der Waals surface area contributed by atoms with Crippen molar-refractivity contribution in [3.63, 3.8) is 0 Å². The van der Waals surface area contributed by atoms with Crippen molar-refractivity contribution in [2.45, 2.75) is 37.1 Å². The van der Waals surface area contributed by atoms with Crippen LogP contribution in [0.4, 0.5) is 13.2 Å². The van der Waals surface area contributed by atoms with Gasteiger partial charge in [-0.2, -0.15) is 21.6 Å². The molecule has 0 atom stereocenters. The molecule has 0 unspecified atom stereocenters. The molecule has 1 saturated carbocycles. The Morgan fingerprint density at radius 1 is 1.22 bits per heavy atom. The first-order valence-corrected chi connectivity index (χ1v) is 8.11. The molecule has 23 heavy (non-hydrogen) atoms. The fraction of sp³-hybridized carbons (Fsp3) is 0.538. The molecule has 0 radical (unpaired) electrons. The first-order chi connectivity index (χ1) is 10.6. The van der Waals surface area contributed by atoms with Crippen LogP contribution in [-0.2, 0) is 14.9 Å². The Morgan fingerprint density at radius 2 is 1.83 bits per heavy atom. The van der Waals surface area contributed by atoms with E-state index in [9.17, 15) is 26.4 Å². The first kappa shape index (κ1) is 17.5. The van der Waals surface area contributed by atoms with Gasteiger partial charge in [0.2, 0.25) is 5.88 Å². The smallest absolute Gasteiger partial charge is 0.496 e. The Hall–Kier alpha value is -1.84. The Labute approximate surface area is 130 Å². The second-order valence-electron chi connectivity index (χ2n) is 5.07. The molecular formula is C13H14F3NO5S. The number of hydrogen-bond acceptors (Lipinski definition) is 6. The lowest BCUT2D eigenvalue weighted by Gasteiger charge is -2.21. The van der Waals surface area contributed by atoms with E-state index in [2.05, 4.69) is 9.17 Å². The van der Waals surface area contributed by atoms with E-state index in [0.717, 1.165) is 6.07 Å². The van der Waals surface area contributed by atoms with E-state index in [1.807, 2.05) is 0 Å². The summed E-state index contributed by atoms with van der Waals surface area (Å²) in [7, 11) is -4.52. The highest BCUT2D eigenvalue weighted by atomic mass is 32.2. The van der Waals surface area contributed by atoms with Crippen LogP contribution in [0.3, 0.4) is 0 Å². The van der Waals surface area contributed by atoms with Crippen molar-refractivity contribution in [2.75, 3.05) is 7.11 Å². The number of nitrogens with zero attached hydrogens (tertiary/aromatic N) is 1. The number of ether oxygens (including phenoxy) is 1. The van der Waals surface area contributed by atoms with E-state index >= 15 is 0 Å². The lowest BCUT2D eigenvalue weighted by atomic mass is 9.86. The molecule has 0 aliphatic heterocycles. The molecule has 10 heteroatoms. The van der Waals surface area contributed by atoms with Gasteiger partial charge in [0.15, 0.2) is 0 Å². The molecule has 2 rings (SSSR count). The number of Topliss-reactive ketones (excluding diaryl/α,β-unsaturated/α-hetero) is 1. The quantitative estimate of drug-likeness (QED) is 0.611. The molecular weight excluding hydrogens is 339 g/mol. The summed E-state index contributed by atoms with van der Waals surface area (Å²) in [4.78, 5) is 15.1. The Kier molecular flexibility index (Phi) is 4.83. The fourth-order valence-electron chi connectivity index (χ4n) is 2.27. The van der Waals surface area contributed by atoms with Crippen molar-refractivity contribution in [3.8, 4) is 11.6 Å². The van der Waals surface area contributed by atoms with Gasteiger partial charge in [0.05, 0.1) is 12.8 Å². The van der Waals surface area contributed by atoms with Gasteiger partial charge in [-0.05, 0) is 12.8 Å². The minimum atomic E-state index is -5.80. The van der Waals surface area contributed by atoms with Crippen molar-refractivity contribution < 1.29 is 35.3 Å². The van der Waals surface area contributed by atoms with Gasteiger partial charge in [0, 0.05) is 30.9 Å². The summed E-state index contributed by atoms with van der Waals surface area (Å²) in [5.74, 6) is -0.646. The highest BCUT2D eigenvalue weighted by Gasteiger charge is 2.49. The Morgan fingerprint density at radius 3 is 2.35 bits per heavy atom. The van der Waals surface area contributed by atoms with Gasteiger partial charge < -0.3 is 8.92 Å². The predicted octanol–water partition coefficient (Wildman–Crippen LogP) is 2.55. The van der Waals surface area contributed by atoms with Crippen LogP contribution in [0.5, 0.6) is 11.6 Å². The molecule has 1 heterocycles. The monoisotopic (exact) mass is 353 g/mol. The topological polar surface area (TPSA) is 82.6 Å². The summed E-state index contributed by atoms with van der Waals surface area (Å²) < 4.78 is 68.3. The van der Waals surface area contributed by atoms with E-state index in [1.165, 1.54) is 13.2 Å².